The Morgan fingerprint density at radius 1 is 1.11 bits per heavy atom. The van der Waals surface area contributed by atoms with E-state index in [1.54, 1.807) is 36.2 Å². The lowest BCUT2D eigenvalue weighted by atomic mass is 10.2. The van der Waals surface area contributed by atoms with Crippen molar-refractivity contribution < 1.29 is 19.1 Å². The first-order valence-corrected chi connectivity index (χ1v) is 9.29. The smallest absolute Gasteiger partial charge is 0.322 e. The summed E-state index contributed by atoms with van der Waals surface area (Å²) in [5.41, 5.74) is 2.85. The van der Waals surface area contributed by atoms with Crippen LogP contribution in [0.1, 0.15) is 12.0 Å². The number of methoxy groups -OCH3 is 2. The number of benzene rings is 2. The summed E-state index contributed by atoms with van der Waals surface area (Å²) in [5, 5.41) is 3.01. The van der Waals surface area contributed by atoms with E-state index in [9.17, 15) is 9.59 Å². The maximum atomic E-state index is 12.7. The number of ether oxygens (including phenoxy) is 2. The molecule has 0 unspecified atom stereocenters. The molecule has 2 aliphatic rings. The van der Waals surface area contributed by atoms with Gasteiger partial charge in [0.15, 0.2) is 11.5 Å². The molecule has 0 saturated carbocycles. The van der Waals surface area contributed by atoms with E-state index in [1.165, 1.54) is 5.56 Å². The summed E-state index contributed by atoms with van der Waals surface area (Å²) in [6, 6.07) is 12.9. The quantitative estimate of drug-likeness (QED) is 0.884. The summed E-state index contributed by atoms with van der Waals surface area (Å²) >= 11 is 0. The number of para-hydroxylation sites is 1. The average Bonchev–Trinajstić information content (AvgIpc) is 3.30. The third-order valence-corrected chi connectivity index (χ3v) is 5.26. The Bertz CT molecular complexity index is 914. The van der Waals surface area contributed by atoms with Gasteiger partial charge in [-0.05, 0) is 30.2 Å². The van der Waals surface area contributed by atoms with Crippen molar-refractivity contribution in [3.63, 3.8) is 0 Å². The van der Waals surface area contributed by atoms with Crippen molar-refractivity contribution in [1.29, 1.82) is 0 Å². The fourth-order valence-electron chi connectivity index (χ4n) is 3.85. The lowest BCUT2D eigenvalue weighted by Gasteiger charge is -2.22. The van der Waals surface area contributed by atoms with E-state index in [4.69, 9.17) is 9.47 Å². The fourth-order valence-corrected chi connectivity index (χ4v) is 3.85. The van der Waals surface area contributed by atoms with Crippen molar-refractivity contribution in [2.45, 2.75) is 18.9 Å². The minimum atomic E-state index is -0.235. The van der Waals surface area contributed by atoms with E-state index < -0.39 is 0 Å². The topological polar surface area (TPSA) is 71.1 Å². The zero-order valence-electron chi connectivity index (χ0n) is 16.0. The average molecular weight is 381 g/mol. The first-order chi connectivity index (χ1) is 13.6. The molecule has 1 saturated heterocycles. The molecule has 1 N–H and O–H groups in total. The highest BCUT2D eigenvalue weighted by Crippen LogP contribution is 2.33. The second-order valence-corrected chi connectivity index (χ2v) is 6.92. The zero-order chi connectivity index (χ0) is 19.7. The summed E-state index contributed by atoms with van der Waals surface area (Å²) in [7, 11) is 3.13. The van der Waals surface area contributed by atoms with Crippen molar-refractivity contribution in [3.05, 3.63) is 48.0 Å². The van der Waals surface area contributed by atoms with Gasteiger partial charge in [0.1, 0.15) is 0 Å². The van der Waals surface area contributed by atoms with Gasteiger partial charge in [-0.15, -0.1) is 0 Å². The normalized spacial score (nSPS) is 18.2. The van der Waals surface area contributed by atoms with Gasteiger partial charge in [-0.3, -0.25) is 9.69 Å². The maximum Gasteiger partial charge on any atom is 0.322 e. The molecule has 4 rings (SSSR count). The Morgan fingerprint density at radius 2 is 1.89 bits per heavy atom. The number of nitrogens with one attached hydrogen (secondary N) is 1. The Hall–Kier alpha value is -3.22. The predicted octanol–water partition coefficient (Wildman–Crippen LogP) is 2.58. The van der Waals surface area contributed by atoms with Crippen LogP contribution >= 0.6 is 0 Å². The monoisotopic (exact) mass is 381 g/mol. The molecule has 2 aromatic carbocycles. The molecule has 28 heavy (non-hydrogen) atoms. The van der Waals surface area contributed by atoms with E-state index in [1.807, 2.05) is 30.3 Å². The first kappa shape index (κ1) is 18.2. The van der Waals surface area contributed by atoms with Crippen molar-refractivity contribution in [1.82, 2.24) is 5.32 Å². The SMILES string of the molecule is COc1ccc(N2C[C@H](NC(=O)N3CCc4ccccc43)CC2=O)cc1OC. The van der Waals surface area contributed by atoms with Crippen molar-refractivity contribution >= 4 is 23.3 Å². The van der Waals surface area contributed by atoms with Crippen LogP contribution in [0, 0.1) is 0 Å². The molecular formula is C21H23N3O4. The number of rotatable bonds is 4. The largest absolute Gasteiger partial charge is 0.493 e. The van der Waals surface area contributed by atoms with Gasteiger partial charge in [-0.25, -0.2) is 4.79 Å². The number of urea groups is 1. The molecule has 7 heteroatoms. The zero-order valence-corrected chi connectivity index (χ0v) is 16.0. The highest BCUT2D eigenvalue weighted by atomic mass is 16.5. The number of carbonyl (C=O) groups excluding carboxylic acids is 2. The summed E-state index contributed by atoms with van der Waals surface area (Å²) in [6.07, 6.45) is 1.13. The van der Waals surface area contributed by atoms with Crippen LogP contribution < -0.4 is 24.6 Å². The van der Waals surface area contributed by atoms with Gasteiger partial charge >= 0.3 is 6.03 Å². The van der Waals surface area contributed by atoms with E-state index in [-0.39, 0.29) is 24.4 Å². The van der Waals surface area contributed by atoms with Crippen LogP contribution in [-0.2, 0) is 11.2 Å². The molecule has 7 nitrogen and oxygen atoms in total. The van der Waals surface area contributed by atoms with Crippen LogP contribution in [-0.4, -0.2) is 45.3 Å². The van der Waals surface area contributed by atoms with Crippen molar-refractivity contribution in [3.8, 4) is 11.5 Å². The number of hydrogen-bond donors (Lipinski definition) is 1. The second-order valence-electron chi connectivity index (χ2n) is 6.92. The Kier molecular flexibility index (Phi) is 4.81. The van der Waals surface area contributed by atoms with Crippen LogP contribution in [0.2, 0.25) is 0 Å². The minimum absolute atomic E-state index is 0.0284. The fraction of sp³-hybridized carbons (Fsp3) is 0.333. The van der Waals surface area contributed by atoms with Gasteiger partial charge < -0.3 is 19.7 Å². The van der Waals surface area contributed by atoms with Crippen LogP contribution in [0.5, 0.6) is 11.5 Å². The van der Waals surface area contributed by atoms with Crippen LogP contribution in [0.4, 0.5) is 16.2 Å². The van der Waals surface area contributed by atoms with Crippen molar-refractivity contribution in [2.75, 3.05) is 37.1 Å². The lowest BCUT2D eigenvalue weighted by Crippen LogP contribution is -2.45. The molecule has 146 valence electrons. The molecule has 3 amide bonds. The highest BCUT2D eigenvalue weighted by Gasteiger charge is 2.34. The van der Waals surface area contributed by atoms with Crippen molar-refractivity contribution in [2.24, 2.45) is 0 Å². The van der Waals surface area contributed by atoms with E-state index >= 15 is 0 Å². The highest BCUT2D eigenvalue weighted by molar-refractivity contribution is 5.99. The molecular weight excluding hydrogens is 358 g/mol. The van der Waals surface area contributed by atoms with E-state index in [0.717, 1.165) is 17.8 Å². The predicted molar refractivity (Wildman–Crippen MR) is 106 cm³/mol. The lowest BCUT2D eigenvalue weighted by molar-refractivity contribution is -0.117. The molecule has 0 aromatic heterocycles. The molecule has 1 fully saturated rings. The summed E-state index contributed by atoms with van der Waals surface area (Å²) in [4.78, 5) is 28.7. The molecule has 0 radical (unpaired) electrons. The van der Waals surface area contributed by atoms with Crippen LogP contribution in [0.15, 0.2) is 42.5 Å². The maximum absolute atomic E-state index is 12.7. The minimum Gasteiger partial charge on any atom is -0.493 e. The molecule has 0 spiro atoms. The number of nitrogens with zero attached hydrogens (tertiary/aromatic N) is 2. The van der Waals surface area contributed by atoms with Gasteiger partial charge in [0, 0.05) is 37.0 Å². The van der Waals surface area contributed by atoms with Crippen LogP contribution in [0.25, 0.3) is 0 Å². The number of carbonyl (C=O) groups is 2. The van der Waals surface area contributed by atoms with E-state index in [2.05, 4.69) is 5.32 Å². The molecule has 0 aliphatic carbocycles. The van der Waals surface area contributed by atoms with Crippen LogP contribution in [0.3, 0.4) is 0 Å². The number of anilines is 2. The third-order valence-electron chi connectivity index (χ3n) is 5.26. The summed E-state index contributed by atoms with van der Waals surface area (Å²) in [6.45, 7) is 1.08. The number of fused-ring (bicyclic) bond motifs is 1. The second kappa shape index (κ2) is 7.42. The molecule has 0 bridgehead atoms. The summed E-state index contributed by atoms with van der Waals surface area (Å²) in [5.74, 6) is 1.14. The van der Waals surface area contributed by atoms with Gasteiger partial charge in [0.25, 0.3) is 0 Å². The Balaban J connectivity index is 1.45. The van der Waals surface area contributed by atoms with E-state index in [0.29, 0.717) is 24.6 Å². The van der Waals surface area contributed by atoms with Gasteiger partial charge in [-0.2, -0.15) is 0 Å². The van der Waals surface area contributed by atoms with Gasteiger partial charge in [0.2, 0.25) is 5.91 Å². The molecule has 2 heterocycles. The molecule has 2 aromatic rings. The molecule has 2 aliphatic heterocycles. The Morgan fingerprint density at radius 3 is 2.68 bits per heavy atom. The first-order valence-electron chi connectivity index (χ1n) is 9.29. The number of hydrogen-bond acceptors (Lipinski definition) is 4. The van der Waals surface area contributed by atoms with Gasteiger partial charge in [0.05, 0.1) is 20.3 Å². The number of amides is 3. The third kappa shape index (κ3) is 3.24. The standard InChI is InChI=1S/C21H23N3O4/c1-27-18-8-7-16(12-19(18)28-2)24-13-15(11-20(24)25)22-21(26)23-10-9-14-5-3-4-6-17(14)23/h3-8,12,15H,9-11,13H2,1-2H3,(H,22,26)/t15-/m1/s1. The molecule has 1 atom stereocenters. The van der Waals surface area contributed by atoms with Gasteiger partial charge in [-0.1, -0.05) is 18.2 Å². The summed E-state index contributed by atoms with van der Waals surface area (Å²) < 4.78 is 10.6. The Labute approximate surface area is 163 Å².